The number of carbonyl (C=O) groups excluding carboxylic acids is 3. The second-order valence-corrected chi connectivity index (χ2v) is 9.30. The normalized spacial score (nSPS) is 15.6. The number of aryl methyl sites for hydroxylation is 2. The molecule has 6 heteroatoms. The highest BCUT2D eigenvalue weighted by Gasteiger charge is 2.34. The van der Waals surface area contributed by atoms with Gasteiger partial charge in [-0.15, -0.1) is 0 Å². The van der Waals surface area contributed by atoms with Crippen molar-refractivity contribution in [3.8, 4) is 0 Å². The molecule has 0 spiro atoms. The van der Waals surface area contributed by atoms with Crippen LogP contribution in [0.4, 0.5) is 0 Å². The number of benzene rings is 3. The first-order valence-corrected chi connectivity index (χ1v) is 12.5. The second kappa shape index (κ2) is 12.3. The van der Waals surface area contributed by atoms with Crippen LogP contribution in [-0.4, -0.2) is 40.3 Å². The fourth-order valence-corrected chi connectivity index (χ4v) is 4.98. The van der Waals surface area contributed by atoms with E-state index in [0.717, 1.165) is 23.1 Å². The molecule has 1 aliphatic carbocycles. The number of nitrogens with zero attached hydrogens (tertiary/aromatic N) is 1. The number of rotatable bonds is 10. The molecule has 0 heterocycles. The third-order valence-corrected chi connectivity index (χ3v) is 6.98. The number of ketones is 1. The summed E-state index contributed by atoms with van der Waals surface area (Å²) in [7, 11) is 0. The van der Waals surface area contributed by atoms with Crippen LogP contribution in [-0.2, 0) is 28.9 Å². The van der Waals surface area contributed by atoms with E-state index in [0.29, 0.717) is 37.8 Å². The number of fused-ring (bicyclic) bond motifs is 1. The van der Waals surface area contributed by atoms with Crippen molar-refractivity contribution in [1.29, 1.82) is 0 Å². The van der Waals surface area contributed by atoms with Crippen LogP contribution in [0.25, 0.3) is 0 Å². The third kappa shape index (κ3) is 6.26. The van der Waals surface area contributed by atoms with E-state index in [2.05, 4.69) is 0 Å². The maximum absolute atomic E-state index is 13.7. The molecule has 0 aromatic heterocycles. The minimum atomic E-state index is -0.850. The third-order valence-electron chi connectivity index (χ3n) is 6.98. The molecule has 0 bridgehead atoms. The van der Waals surface area contributed by atoms with E-state index in [9.17, 15) is 19.6 Å². The lowest BCUT2D eigenvalue weighted by atomic mass is 9.81. The summed E-state index contributed by atoms with van der Waals surface area (Å²) >= 11 is 0. The zero-order chi connectivity index (χ0) is 25.3. The Labute approximate surface area is 211 Å². The Morgan fingerprint density at radius 1 is 0.889 bits per heavy atom. The van der Waals surface area contributed by atoms with Crippen LogP contribution in [0, 0.1) is 5.92 Å². The molecule has 0 radical (unpaired) electrons. The standard InChI is InChI=1S/C30H32N2O4/c33-28(21-25-17-16-24-13-7-8-14-26(24)29(25)34)32(20-19-23-11-5-2-6-12-23)27(30(35)31-36)18-15-22-9-3-1-4-10-22/h1-14,25,27,36H,15-21H2,(H,31,35)/t25-,27-/m1/s1. The Kier molecular flexibility index (Phi) is 8.63. The Hall–Kier alpha value is -3.77. The lowest BCUT2D eigenvalue weighted by Crippen LogP contribution is -2.50. The molecule has 36 heavy (non-hydrogen) atoms. The van der Waals surface area contributed by atoms with Crippen molar-refractivity contribution in [3.63, 3.8) is 0 Å². The van der Waals surface area contributed by atoms with Crippen LogP contribution in [0.15, 0.2) is 84.9 Å². The summed E-state index contributed by atoms with van der Waals surface area (Å²) in [5, 5.41) is 9.50. The molecular formula is C30H32N2O4. The van der Waals surface area contributed by atoms with Crippen LogP contribution in [0.1, 0.15) is 46.3 Å². The first-order valence-electron chi connectivity index (χ1n) is 12.5. The van der Waals surface area contributed by atoms with Crippen molar-refractivity contribution >= 4 is 17.6 Å². The van der Waals surface area contributed by atoms with Crippen molar-refractivity contribution in [3.05, 3.63) is 107 Å². The number of nitrogens with one attached hydrogen (secondary N) is 1. The SMILES string of the molecule is O=C1c2ccccc2CC[C@@H]1CC(=O)N(CCc1ccccc1)[C@H](CCc1ccccc1)C(=O)NO. The number of hydrogen-bond donors (Lipinski definition) is 2. The van der Waals surface area contributed by atoms with E-state index in [1.807, 2.05) is 84.9 Å². The smallest absolute Gasteiger partial charge is 0.266 e. The summed E-state index contributed by atoms with van der Waals surface area (Å²) in [4.78, 5) is 41.1. The largest absolute Gasteiger partial charge is 0.330 e. The van der Waals surface area contributed by atoms with Gasteiger partial charge in [0.05, 0.1) is 0 Å². The lowest BCUT2D eigenvalue weighted by Gasteiger charge is -2.32. The summed E-state index contributed by atoms with van der Waals surface area (Å²) < 4.78 is 0. The Bertz CT molecular complexity index is 1180. The van der Waals surface area contributed by atoms with Gasteiger partial charge in [-0.05, 0) is 48.8 Å². The molecule has 2 atom stereocenters. The van der Waals surface area contributed by atoms with Gasteiger partial charge in [0.1, 0.15) is 6.04 Å². The Morgan fingerprint density at radius 3 is 2.17 bits per heavy atom. The molecule has 2 amide bonds. The van der Waals surface area contributed by atoms with Gasteiger partial charge in [-0.2, -0.15) is 0 Å². The number of Topliss-reactive ketones (excluding diaryl/α,β-unsaturated/α-hetero) is 1. The van der Waals surface area contributed by atoms with Gasteiger partial charge >= 0.3 is 0 Å². The fraction of sp³-hybridized carbons (Fsp3) is 0.300. The lowest BCUT2D eigenvalue weighted by molar-refractivity contribution is -0.145. The van der Waals surface area contributed by atoms with Crippen LogP contribution in [0.2, 0.25) is 0 Å². The summed E-state index contributed by atoms with van der Waals surface area (Å²) in [6.45, 7) is 0.313. The molecule has 2 N–H and O–H groups in total. The zero-order valence-corrected chi connectivity index (χ0v) is 20.3. The van der Waals surface area contributed by atoms with Crippen LogP contribution < -0.4 is 5.48 Å². The van der Waals surface area contributed by atoms with E-state index >= 15 is 0 Å². The van der Waals surface area contributed by atoms with Gasteiger partial charge in [0.2, 0.25) is 5.91 Å². The number of carbonyl (C=O) groups is 3. The highest BCUT2D eigenvalue weighted by atomic mass is 16.5. The van der Waals surface area contributed by atoms with Gasteiger partial charge in [0.25, 0.3) is 5.91 Å². The van der Waals surface area contributed by atoms with E-state index in [4.69, 9.17) is 0 Å². The van der Waals surface area contributed by atoms with E-state index in [1.165, 1.54) is 0 Å². The van der Waals surface area contributed by atoms with Crippen LogP contribution in [0.3, 0.4) is 0 Å². The molecular weight excluding hydrogens is 452 g/mol. The second-order valence-electron chi connectivity index (χ2n) is 9.30. The van der Waals surface area contributed by atoms with Gasteiger partial charge < -0.3 is 4.90 Å². The molecule has 0 saturated heterocycles. The van der Waals surface area contributed by atoms with Crippen LogP contribution >= 0.6 is 0 Å². The van der Waals surface area contributed by atoms with Crippen LogP contribution in [0.5, 0.6) is 0 Å². The van der Waals surface area contributed by atoms with Crippen molar-refractivity contribution in [1.82, 2.24) is 10.4 Å². The van der Waals surface area contributed by atoms with E-state index in [1.54, 1.807) is 10.4 Å². The molecule has 6 nitrogen and oxygen atoms in total. The Morgan fingerprint density at radius 2 is 1.50 bits per heavy atom. The minimum absolute atomic E-state index is 0.0133. The molecule has 0 aliphatic heterocycles. The topological polar surface area (TPSA) is 86.7 Å². The monoisotopic (exact) mass is 484 g/mol. The highest BCUT2D eigenvalue weighted by molar-refractivity contribution is 6.02. The molecule has 0 fully saturated rings. The highest BCUT2D eigenvalue weighted by Crippen LogP contribution is 2.28. The zero-order valence-electron chi connectivity index (χ0n) is 20.3. The number of hydrogen-bond acceptors (Lipinski definition) is 4. The van der Waals surface area contributed by atoms with Crippen molar-refractivity contribution in [2.75, 3.05) is 6.54 Å². The average molecular weight is 485 g/mol. The van der Waals surface area contributed by atoms with Gasteiger partial charge in [0, 0.05) is 24.4 Å². The van der Waals surface area contributed by atoms with E-state index in [-0.39, 0.29) is 18.1 Å². The molecule has 0 unspecified atom stereocenters. The molecule has 4 rings (SSSR count). The van der Waals surface area contributed by atoms with Gasteiger partial charge in [-0.25, -0.2) is 5.48 Å². The Balaban J connectivity index is 1.54. The fourth-order valence-electron chi connectivity index (χ4n) is 4.98. The molecule has 186 valence electrons. The maximum Gasteiger partial charge on any atom is 0.266 e. The van der Waals surface area contributed by atoms with Crippen molar-refractivity contribution in [2.45, 2.75) is 44.6 Å². The molecule has 3 aromatic rings. The van der Waals surface area contributed by atoms with Gasteiger partial charge in [0.15, 0.2) is 5.78 Å². The molecule has 0 saturated carbocycles. The first-order chi connectivity index (χ1) is 17.6. The van der Waals surface area contributed by atoms with Gasteiger partial charge in [-0.3, -0.25) is 19.6 Å². The quantitative estimate of drug-likeness (QED) is 0.330. The molecule has 1 aliphatic rings. The summed E-state index contributed by atoms with van der Waals surface area (Å²) in [5.74, 6) is -1.29. The first kappa shape index (κ1) is 25.3. The summed E-state index contributed by atoms with van der Waals surface area (Å²) in [6, 6.07) is 26.2. The summed E-state index contributed by atoms with van der Waals surface area (Å²) in [6.07, 6.45) is 2.90. The predicted molar refractivity (Wildman–Crippen MR) is 138 cm³/mol. The maximum atomic E-state index is 13.7. The average Bonchev–Trinajstić information content (AvgIpc) is 2.93. The van der Waals surface area contributed by atoms with Gasteiger partial charge in [-0.1, -0.05) is 84.9 Å². The van der Waals surface area contributed by atoms with Crippen molar-refractivity contribution < 1.29 is 19.6 Å². The number of amides is 2. The predicted octanol–water partition coefficient (Wildman–Crippen LogP) is 4.40. The molecule has 3 aromatic carbocycles. The number of hydroxylamine groups is 1. The van der Waals surface area contributed by atoms with E-state index < -0.39 is 17.9 Å². The minimum Gasteiger partial charge on any atom is -0.330 e. The summed E-state index contributed by atoms with van der Waals surface area (Å²) in [5.41, 5.74) is 5.56. The van der Waals surface area contributed by atoms with Crippen molar-refractivity contribution in [2.24, 2.45) is 5.92 Å².